The largest absolute Gasteiger partial charge is 0.367 e. The van der Waals surface area contributed by atoms with Gasteiger partial charge in [0.15, 0.2) is 0 Å². The molecule has 0 radical (unpaired) electrons. The van der Waals surface area contributed by atoms with Gasteiger partial charge < -0.3 is 10.2 Å². The summed E-state index contributed by atoms with van der Waals surface area (Å²) in [6.45, 7) is 0.877. The number of rotatable bonds is 6. The summed E-state index contributed by atoms with van der Waals surface area (Å²) in [4.78, 5) is 2.27. The summed E-state index contributed by atoms with van der Waals surface area (Å²) in [7, 11) is 4.24. The minimum Gasteiger partial charge on any atom is -0.367 e. The van der Waals surface area contributed by atoms with E-state index >= 15 is 0 Å². The van der Waals surface area contributed by atoms with Crippen LogP contribution in [0.4, 0.5) is 10.2 Å². The standard InChI is InChI=1S/C17H21FN4/c1-22(2)16(13-3-4-13)11-19-17-10-9-15(20-21-17)12-5-7-14(18)8-6-12/h5-10,13,16H,3-4,11H2,1-2H3,(H,19,21). The molecule has 1 heterocycles. The smallest absolute Gasteiger partial charge is 0.148 e. The minimum atomic E-state index is -0.246. The summed E-state index contributed by atoms with van der Waals surface area (Å²) in [5.41, 5.74) is 1.61. The molecule has 5 heteroatoms. The van der Waals surface area contributed by atoms with E-state index in [4.69, 9.17) is 0 Å². The summed E-state index contributed by atoms with van der Waals surface area (Å²) in [6, 6.07) is 10.7. The number of anilines is 1. The molecule has 2 aromatic rings. The van der Waals surface area contributed by atoms with E-state index in [1.165, 1.54) is 25.0 Å². The Balaban J connectivity index is 1.62. The number of nitrogens with zero attached hydrogens (tertiary/aromatic N) is 3. The van der Waals surface area contributed by atoms with E-state index in [0.29, 0.717) is 6.04 Å². The molecular formula is C17H21FN4. The summed E-state index contributed by atoms with van der Waals surface area (Å²) in [5.74, 6) is 1.33. The molecule has 1 N–H and O–H groups in total. The zero-order chi connectivity index (χ0) is 15.5. The molecule has 1 unspecified atom stereocenters. The fourth-order valence-electron chi connectivity index (χ4n) is 2.66. The van der Waals surface area contributed by atoms with Gasteiger partial charge in [-0.25, -0.2) is 4.39 Å². The highest BCUT2D eigenvalue weighted by atomic mass is 19.1. The third-order valence-electron chi connectivity index (χ3n) is 4.13. The lowest BCUT2D eigenvalue weighted by Crippen LogP contribution is -2.36. The second-order valence-electron chi connectivity index (χ2n) is 6.06. The first-order valence-electron chi connectivity index (χ1n) is 7.63. The van der Waals surface area contributed by atoms with Gasteiger partial charge in [0, 0.05) is 18.2 Å². The Bertz CT molecular complexity index is 604. The number of hydrogen-bond donors (Lipinski definition) is 1. The summed E-state index contributed by atoms with van der Waals surface area (Å²) in [6.07, 6.45) is 2.64. The number of halogens is 1. The van der Waals surface area contributed by atoms with Crippen LogP contribution in [0.15, 0.2) is 36.4 Å². The van der Waals surface area contributed by atoms with Gasteiger partial charge in [-0.1, -0.05) is 0 Å². The van der Waals surface area contributed by atoms with Gasteiger partial charge in [-0.15, -0.1) is 10.2 Å². The fraction of sp³-hybridized carbons (Fsp3) is 0.412. The molecular weight excluding hydrogens is 279 g/mol. The molecule has 0 aliphatic heterocycles. The van der Waals surface area contributed by atoms with Crippen molar-refractivity contribution in [1.82, 2.24) is 15.1 Å². The Morgan fingerprint density at radius 2 is 1.86 bits per heavy atom. The minimum absolute atomic E-state index is 0.246. The van der Waals surface area contributed by atoms with Crippen LogP contribution in [-0.4, -0.2) is 41.8 Å². The van der Waals surface area contributed by atoms with Crippen molar-refractivity contribution in [3.63, 3.8) is 0 Å². The van der Waals surface area contributed by atoms with Crippen LogP contribution in [0.2, 0.25) is 0 Å². The average Bonchev–Trinajstić information content (AvgIpc) is 3.33. The Hall–Kier alpha value is -2.01. The van der Waals surface area contributed by atoms with Crippen molar-refractivity contribution >= 4 is 5.82 Å². The molecule has 0 spiro atoms. The molecule has 22 heavy (non-hydrogen) atoms. The van der Waals surface area contributed by atoms with E-state index in [-0.39, 0.29) is 5.82 Å². The van der Waals surface area contributed by atoms with Gasteiger partial charge in [0.1, 0.15) is 11.6 Å². The molecule has 0 amide bonds. The van der Waals surface area contributed by atoms with Gasteiger partial charge in [0.05, 0.1) is 5.69 Å². The highest BCUT2D eigenvalue weighted by molar-refractivity contribution is 5.59. The van der Waals surface area contributed by atoms with Gasteiger partial charge in [-0.3, -0.25) is 0 Å². The Kier molecular flexibility index (Phi) is 4.34. The number of likely N-dealkylation sites (N-methyl/N-ethyl adjacent to an activating group) is 1. The number of benzene rings is 1. The van der Waals surface area contributed by atoms with Crippen molar-refractivity contribution in [2.24, 2.45) is 5.92 Å². The zero-order valence-corrected chi connectivity index (χ0v) is 13.0. The Morgan fingerprint density at radius 1 is 1.14 bits per heavy atom. The van der Waals surface area contributed by atoms with Crippen LogP contribution in [0, 0.1) is 11.7 Å². The van der Waals surface area contributed by atoms with E-state index in [1.54, 1.807) is 12.1 Å². The number of aromatic nitrogens is 2. The summed E-state index contributed by atoms with van der Waals surface area (Å²) < 4.78 is 12.9. The summed E-state index contributed by atoms with van der Waals surface area (Å²) >= 11 is 0. The fourth-order valence-corrected chi connectivity index (χ4v) is 2.66. The first-order chi connectivity index (χ1) is 10.6. The predicted molar refractivity (Wildman–Crippen MR) is 86.1 cm³/mol. The second-order valence-corrected chi connectivity index (χ2v) is 6.06. The Labute approximate surface area is 130 Å². The van der Waals surface area contributed by atoms with Gasteiger partial charge in [0.25, 0.3) is 0 Å². The topological polar surface area (TPSA) is 41.0 Å². The van der Waals surface area contributed by atoms with Crippen molar-refractivity contribution in [1.29, 1.82) is 0 Å². The Morgan fingerprint density at radius 3 is 2.41 bits per heavy atom. The van der Waals surface area contributed by atoms with E-state index < -0.39 is 0 Å². The van der Waals surface area contributed by atoms with E-state index in [2.05, 4.69) is 34.5 Å². The quantitative estimate of drug-likeness (QED) is 0.890. The average molecular weight is 300 g/mol. The van der Waals surface area contributed by atoms with Crippen molar-refractivity contribution in [3.05, 3.63) is 42.2 Å². The maximum absolute atomic E-state index is 12.9. The first-order valence-corrected chi connectivity index (χ1v) is 7.63. The first kappa shape index (κ1) is 14.9. The van der Waals surface area contributed by atoms with Crippen LogP contribution in [-0.2, 0) is 0 Å². The lowest BCUT2D eigenvalue weighted by atomic mass is 10.1. The summed E-state index contributed by atoms with van der Waals surface area (Å²) in [5, 5.41) is 11.8. The molecule has 1 fully saturated rings. The van der Waals surface area contributed by atoms with E-state index in [9.17, 15) is 4.39 Å². The van der Waals surface area contributed by atoms with Crippen molar-refractivity contribution in [2.45, 2.75) is 18.9 Å². The van der Waals surface area contributed by atoms with Crippen LogP contribution in [0.25, 0.3) is 11.3 Å². The lowest BCUT2D eigenvalue weighted by molar-refractivity contribution is 0.276. The van der Waals surface area contributed by atoms with E-state index in [1.807, 2.05) is 12.1 Å². The normalized spacial score (nSPS) is 15.8. The molecule has 116 valence electrons. The van der Waals surface area contributed by atoms with Crippen LogP contribution in [0.1, 0.15) is 12.8 Å². The number of hydrogen-bond acceptors (Lipinski definition) is 4. The molecule has 4 nitrogen and oxygen atoms in total. The molecule has 3 rings (SSSR count). The molecule has 1 aromatic carbocycles. The molecule has 1 aliphatic carbocycles. The van der Waals surface area contributed by atoms with E-state index in [0.717, 1.165) is 29.5 Å². The van der Waals surface area contributed by atoms with Gasteiger partial charge in [-0.05, 0) is 69.3 Å². The van der Waals surface area contributed by atoms with Crippen LogP contribution in [0.5, 0.6) is 0 Å². The highest BCUT2D eigenvalue weighted by Crippen LogP contribution is 2.34. The number of nitrogens with one attached hydrogen (secondary N) is 1. The van der Waals surface area contributed by atoms with Crippen molar-refractivity contribution < 1.29 is 4.39 Å². The lowest BCUT2D eigenvalue weighted by Gasteiger charge is -2.24. The van der Waals surface area contributed by atoms with Crippen molar-refractivity contribution in [3.8, 4) is 11.3 Å². The van der Waals surface area contributed by atoms with Gasteiger partial charge in [-0.2, -0.15) is 0 Å². The van der Waals surface area contributed by atoms with Crippen LogP contribution < -0.4 is 5.32 Å². The molecule has 1 saturated carbocycles. The molecule has 1 aromatic heterocycles. The highest BCUT2D eigenvalue weighted by Gasteiger charge is 2.32. The molecule has 1 atom stereocenters. The van der Waals surface area contributed by atoms with Gasteiger partial charge in [0.2, 0.25) is 0 Å². The van der Waals surface area contributed by atoms with Crippen LogP contribution in [0.3, 0.4) is 0 Å². The SMILES string of the molecule is CN(C)C(CNc1ccc(-c2ccc(F)cc2)nn1)C1CC1. The van der Waals surface area contributed by atoms with Crippen molar-refractivity contribution in [2.75, 3.05) is 26.0 Å². The maximum Gasteiger partial charge on any atom is 0.148 e. The molecule has 0 bridgehead atoms. The second kappa shape index (κ2) is 6.40. The maximum atomic E-state index is 12.9. The van der Waals surface area contributed by atoms with Gasteiger partial charge >= 0.3 is 0 Å². The monoisotopic (exact) mass is 300 g/mol. The molecule has 0 saturated heterocycles. The third kappa shape index (κ3) is 3.60. The molecule has 1 aliphatic rings. The predicted octanol–water partition coefficient (Wildman–Crippen LogP) is 3.03. The zero-order valence-electron chi connectivity index (χ0n) is 13.0. The third-order valence-corrected chi connectivity index (χ3v) is 4.13. The van der Waals surface area contributed by atoms with Crippen LogP contribution >= 0.6 is 0 Å².